The molecule has 0 saturated heterocycles. The van der Waals surface area contributed by atoms with Crippen LogP contribution < -0.4 is 0 Å². The topological polar surface area (TPSA) is 104 Å². The van der Waals surface area contributed by atoms with Crippen LogP contribution in [-0.2, 0) is 9.63 Å². The number of non-ortho nitro benzene ring substituents is 1. The van der Waals surface area contributed by atoms with Crippen LogP contribution in [0.25, 0.3) is 39.6 Å². The van der Waals surface area contributed by atoms with E-state index in [0.717, 1.165) is 32.9 Å². The van der Waals surface area contributed by atoms with Crippen molar-refractivity contribution < 1.29 is 19.3 Å². The Labute approximate surface area is 213 Å². The van der Waals surface area contributed by atoms with E-state index in [2.05, 4.69) is 18.3 Å². The molecule has 0 radical (unpaired) electrons. The van der Waals surface area contributed by atoms with Gasteiger partial charge < -0.3 is 9.40 Å². The zero-order valence-electron chi connectivity index (χ0n) is 20.7. The van der Waals surface area contributed by atoms with Gasteiger partial charge >= 0.3 is 5.97 Å². The maximum Gasteiger partial charge on any atom is 0.337 e. The number of ketones is 1. The summed E-state index contributed by atoms with van der Waals surface area (Å²) in [5, 5.41) is 16.6. The lowest BCUT2D eigenvalue weighted by atomic mass is 10.00. The number of benzene rings is 3. The second-order valence-electron chi connectivity index (χ2n) is 8.79. The number of hydrogen-bond donors (Lipinski definition) is 0. The fourth-order valence-electron chi connectivity index (χ4n) is 4.14. The number of fused-ring (bicyclic) bond motifs is 3. The van der Waals surface area contributed by atoms with Crippen LogP contribution in [0.2, 0.25) is 0 Å². The lowest BCUT2D eigenvalue weighted by molar-refractivity contribution is -0.384. The summed E-state index contributed by atoms with van der Waals surface area (Å²) in [5.41, 5.74) is 4.44. The van der Waals surface area contributed by atoms with Crippen LogP contribution in [0.4, 0.5) is 5.69 Å². The van der Waals surface area contributed by atoms with Gasteiger partial charge in [-0.1, -0.05) is 56.4 Å². The first-order valence-electron chi connectivity index (χ1n) is 11.6. The van der Waals surface area contributed by atoms with Crippen molar-refractivity contribution in [3.8, 4) is 5.69 Å². The number of aromatic nitrogens is 1. The Morgan fingerprint density at radius 1 is 1.03 bits per heavy atom. The molecule has 0 spiro atoms. The number of carbonyl (C=O) groups is 2. The van der Waals surface area contributed by atoms with Gasteiger partial charge in [0.05, 0.1) is 21.9 Å². The Morgan fingerprint density at radius 2 is 1.68 bits per heavy atom. The number of Topliss-reactive ketones (excluding diaryl/α,β-unsaturated/α-hetero) is 1. The molecule has 0 amide bonds. The van der Waals surface area contributed by atoms with E-state index in [4.69, 9.17) is 4.84 Å². The van der Waals surface area contributed by atoms with E-state index in [1.54, 1.807) is 50.3 Å². The molecule has 8 heteroatoms. The molecule has 186 valence electrons. The molecule has 3 aromatic carbocycles. The molecular formula is C29H25N3O5. The van der Waals surface area contributed by atoms with Crippen molar-refractivity contribution in [3.63, 3.8) is 0 Å². The molecule has 0 atom stereocenters. The molecule has 4 rings (SSSR count). The molecule has 0 bridgehead atoms. The molecule has 0 saturated carbocycles. The monoisotopic (exact) mass is 495 g/mol. The Bertz CT molecular complexity index is 1630. The second-order valence-corrected chi connectivity index (χ2v) is 8.79. The molecule has 0 aliphatic rings. The largest absolute Gasteiger partial charge is 0.337 e. The van der Waals surface area contributed by atoms with Crippen molar-refractivity contribution in [1.29, 1.82) is 0 Å². The van der Waals surface area contributed by atoms with Gasteiger partial charge in [-0.2, -0.15) is 0 Å². The van der Waals surface area contributed by atoms with Crippen molar-refractivity contribution in [3.05, 3.63) is 94.6 Å². The lowest BCUT2D eigenvalue weighted by Gasteiger charge is -2.10. The molecule has 0 aliphatic carbocycles. The average molecular weight is 496 g/mol. The fraction of sp³-hybridized carbons (Fsp3) is 0.138. The van der Waals surface area contributed by atoms with Gasteiger partial charge in [-0.05, 0) is 48.4 Å². The Balaban J connectivity index is 1.96. The average Bonchev–Trinajstić information content (AvgIpc) is 3.25. The van der Waals surface area contributed by atoms with Crippen molar-refractivity contribution in [2.75, 3.05) is 0 Å². The molecule has 0 unspecified atom stereocenters. The van der Waals surface area contributed by atoms with Gasteiger partial charge in [-0.3, -0.25) is 14.9 Å². The minimum atomic E-state index is -0.527. The third-order valence-corrected chi connectivity index (χ3v) is 6.07. The molecule has 8 nitrogen and oxygen atoms in total. The van der Waals surface area contributed by atoms with E-state index in [0.29, 0.717) is 11.3 Å². The summed E-state index contributed by atoms with van der Waals surface area (Å²) in [6.45, 7) is 12.8. The summed E-state index contributed by atoms with van der Waals surface area (Å²) in [4.78, 5) is 40.5. The highest BCUT2D eigenvalue weighted by Gasteiger charge is 2.20. The summed E-state index contributed by atoms with van der Waals surface area (Å²) in [5.74, 6) is -1.28. The zero-order valence-corrected chi connectivity index (χ0v) is 20.7. The Hall–Kier alpha value is -4.85. The van der Waals surface area contributed by atoms with E-state index in [9.17, 15) is 19.7 Å². The van der Waals surface area contributed by atoms with Gasteiger partial charge in [-0.15, -0.1) is 0 Å². The number of carbonyl (C=O) groups excluding carboxylic acids is 2. The third kappa shape index (κ3) is 4.56. The Morgan fingerprint density at radius 3 is 2.27 bits per heavy atom. The van der Waals surface area contributed by atoms with Gasteiger partial charge in [0.1, 0.15) is 5.71 Å². The minimum absolute atomic E-state index is 0.0129. The smallest absolute Gasteiger partial charge is 0.318 e. The van der Waals surface area contributed by atoms with E-state index < -0.39 is 10.9 Å². The summed E-state index contributed by atoms with van der Waals surface area (Å²) in [7, 11) is 0. The highest BCUT2D eigenvalue weighted by atomic mass is 16.7. The maximum atomic E-state index is 13.1. The molecule has 0 aliphatic heterocycles. The number of hydrogen-bond acceptors (Lipinski definition) is 6. The predicted octanol–water partition coefficient (Wildman–Crippen LogP) is 6.74. The summed E-state index contributed by atoms with van der Waals surface area (Å²) >= 11 is 0. The maximum absolute atomic E-state index is 13.1. The molecule has 0 fully saturated rings. The van der Waals surface area contributed by atoms with Crippen LogP contribution in [0.1, 0.15) is 42.3 Å². The van der Waals surface area contributed by atoms with Crippen molar-refractivity contribution >= 4 is 57.1 Å². The number of oxime groups is 1. The standard InChI is InChI=1S/C29H25N3O5/c1-6-19-8-9-20(7-2)27-26(19)24-16-21(28(33)18(5)30-37-29(34)17(3)4)10-15-25(24)31(27)22-11-13-23(14-12-22)32(35)36/h6-17H,1-2H2,3-5H3. The molecule has 1 aromatic heterocycles. The number of rotatable bonds is 8. The third-order valence-electron chi connectivity index (χ3n) is 6.07. The van der Waals surface area contributed by atoms with Crippen LogP contribution in [0, 0.1) is 16.0 Å². The van der Waals surface area contributed by atoms with Gasteiger partial charge in [-0.25, -0.2) is 4.79 Å². The molecule has 37 heavy (non-hydrogen) atoms. The highest BCUT2D eigenvalue weighted by Crippen LogP contribution is 2.38. The van der Waals surface area contributed by atoms with Crippen molar-refractivity contribution in [2.45, 2.75) is 20.8 Å². The van der Waals surface area contributed by atoms with Gasteiger partial charge in [0.25, 0.3) is 5.69 Å². The van der Waals surface area contributed by atoms with Crippen LogP contribution in [-0.4, -0.2) is 27.0 Å². The van der Waals surface area contributed by atoms with Crippen molar-refractivity contribution in [1.82, 2.24) is 4.57 Å². The fourth-order valence-corrected chi connectivity index (χ4v) is 4.14. The van der Waals surface area contributed by atoms with E-state index in [-0.39, 0.29) is 23.1 Å². The number of nitro benzene ring substituents is 1. The highest BCUT2D eigenvalue weighted by molar-refractivity contribution is 6.45. The molecule has 0 N–H and O–H groups in total. The minimum Gasteiger partial charge on any atom is -0.318 e. The predicted molar refractivity (Wildman–Crippen MR) is 146 cm³/mol. The SMILES string of the molecule is C=Cc1ccc(C=C)c2c1c1cc(C(=O)C(C)=NOC(=O)C(C)C)ccc1n2-c1ccc([N+](=O)[O-])cc1. The molecular weight excluding hydrogens is 470 g/mol. The lowest BCUT2D eigenvalue weighted by Crippen LogP contribution is -2.14. The quantitative estimate of drug-likeness (QED) is 0.0885. The summed E-state index contributed by atoms with van der Waals surface area (Å²) < 4.78 is 1.98. The van der Waals surface area contributed by atoms with E-state index >= 15 is 0 Å². The second kappa shape index (κ2) is 10.0. The normalized spacial score (nSPS) is 11.6. The van der Waals surface area contributed by atoms with Crippen molar-refractivity contribution in [2.24, 2.45) is 11.1 Å². The molecule has 4 aromatic rings. The van der Waals surface area contributed by atoms with E-state index in [1.165, 1.54) is 19.1 Å². The van der Waals surface area contributed by atoms with Crippen LogP contribution in [0.3, 0.4) is 0 Å². The Kier molecular flexibility index (Phi) is 6.84. The number of nitro groups is 1. The molecule has 1 heterocycles. The van der Waals surface area contributed by atoms with Crippen LogP contribution in [0.5, 0.6) is 0 Å². The van der Waals surface area contributed by atoms with Gasteiger partial charge in [0.2, 0.25) is 5.78 Å². The summed E-state index contributed by atoms with van der Waals surface area (Å²) in [6, 6.07) is 15.4. The van der Waals surface area contributed by atoms with Gasteiger partial charge in [0.15, 0.2) is 0 Å². The zero-order chi connectivity index (χ0) is 26.9. The van der Waals surface area contributed by atoms with Gasteiger partial charge in [0, 0.05) is 34.2 Å². The van der Waals surface area contributed by atoms with Crippen LogP contribution in [0.15, 0.2) is 72.9 Å². The first-order chi connectivity index (χ1) is 17.7. The van der Waals surface area contributed by atoms with Crippen LogP contribution >= 0.6 is 0 Å². The van der Waals surface area contributed by atoms with E-state index in [1.807, 2.05) is 22.8 Å². The summed E-state index contributed by atoms with van der Waals surface area (Å²) in [6.07, 6.45) is 3.48. The first kappa shape index (κ1) is 25.2. The first-order valence-corrected chi connectivity index (χ1v) is 11.6. The number of nitrogens with zero attached hydrogens (tertiary/aromatic N) is 3.